The van der Waals surface area contributed by atoms with Crippen LogP contribution in [0.25, 0.3) is 5.65 Å². The van der Waals surface area contributed by atoms with Gasteiger partial charge in [0.2, 0.25) is 0 Å². The van der Waals surface area contributed by atoms with E-state index in [1.807, 2.05) is 24.4 Å². The van der Waals surface area contributed by atoms with E-state index < -0.39 is 0 Å². The predicted octanol–water partition coefficient (Wildman–Crippen LogP) is 3.35. The molecule has 0 unspecified atom stereocenters. The molecule has 6 nitrogen and oxygen atoms in total. The summed E-state index contributed by atoms with van der Waals surface area (Å²) in [5.41, 5.74) is 17.0. The monoisotopic (exact) mass is 336 g/mol. The number of aryl methyl sites for hydroxylation is 1. The number of imidazole rings is 1. The lowest BCUT2D eigenvalue weighted by molar-refractivity contribution is 0.391. The highest BCUT2D eigenvalue weighted by molar-refractivity contribution is 5.75. The van der Waals surface area contributed by atoms with Crippen molar-refractivity contribution in [2.45, 2.75) is 44.6 Å². The summed E-state index contributed by atoms with van der Waals surface area (Å²) in [5.74, 6) is 0.923. The van der Waals surface area contributed by atoms with Crippen LogP contribution in [0, 0.1) is 6.92 Å². The fraction of sp³-hybridized carbons (Fsp3) is 0.368. The molecule has 0 amide bonds. The van der Waals surface area contributed by atoms with Crippen LogP contribution in [0.4, 0.5) is 17.2 Å². The van der Waals surface area contributed by atoms with E-state index in [0.717, 1.165) is 48.4 Å². The van der Waals surface area contributed by atoms with Gasteiger partial charge in [0.1, 0.15) is 5.82 Å². The molecule has 2 heterocycles. The van der Waals surface area contributed by atoms with Gasteiger partial charge in [-0.1, -0.05) is 12.1 Å². The molecule has 0 saturated heterocycles. The van der Waals surface area contributed by atoms with Gasteiger partial charge in [0.05, 0.1) is 17.6 Å². The SMILES string of the molecule is Cc1cccc(Nc2cc(N)nn3cc([C@H]4CC[C@H](N)CC4)nc23)c1. The third-order valence-electron chi connectivity index (χ3n) is 4.95. The summed E-state index contributed by atoms with van der Waals surface area (Å²) < 4.78 is 1.79. The quantitative estimate of drug-likeness (QED) is 0.682. The Morgan fingerprint density at radius 1 is 1.16 bits per heavy atom. The maximum atomic E-state index is 6.03. The topological polar surface area (TPSA) is 94.3 Å². The van der Waals surface area contributed by atoms with Crippen molar-refractivity contribution < 1.29 is 0 Å². The first-order valence-corrected chi connectivity index (χ1v) is 8.83. The molecule has 1 aromatic carbocycles. The summed E-state index contributed by atoms with van der Waals surface area (Å²) >= 11 is 0. The summed E-state index contributed by atoms with van der Waals surface area (Å²) in [6, 6.07) is 10.4. The van der Waals surface area contributed by atoms with Crippen LogP contribution in [0.5, 0.6) is 0 Å². The van der Waals surface area contributed by atoms with Crippen LogP contribution in [0.3, 0.4) is 0 Å². The van der Waals surface area contributed by atoms with Crippen LogP contribution in [0.2, 0.25) is 0 Å². The van der Waals surface area contributed by atoms with Crippen LogP contribution in [-0.2, 0) is 0 Å². The Morgan fingerprint density at radius 3 is 2.72 bits per heavy atom. The van der Waals surface area contributed by atoms with Gasteiger partial charge >= 0.3 is 0 Å². The van der Waals surface area contributed by atoms with Gasteiger partial charge in [0, 0.05) is 23.7 Å². The minimum absolute atomic E-state index is 0.334. The van der Waals surface area contributed by atoms with Crippen LogP contribution < -0.4 is 16.8 Å². The van der Waals surface area contributed by atoms with Gasteiger partial charge in [-0.25, -0.2) is 9.50 Å². The highest BCUT2D eigenvalue weighted by Gasteiger charge is 2.23. The lowest BCUT2D eigenvalue weighted by Crippen LogP contribution is -2.25. The zero-order valence-electron chi connectivity index (χ0n) is 14.4. The van der Waals surface area contributed by atoms with Crippen molar-refractivity contribution in [1.29, 1.82) is 0 Å². The van der Waals surface area contributed by atoms with Gasteiger partial charge in [-0.3, -0.25) is 0 Å². The van der Waals surface area contributed by atoms with Gasteiger partial charge in [0.15, 0.2) is 5.65 Å². The number of hydrogen-bond donors (Lipinski definition) is 3. The number of benzene rings is 1. The van der Waals surface area contributed by atoms with E-state index in [9.17, 15) is 0 Å². The lowest BCUT2D eigenvalue weighted by Gasteiger charge is -2.24. The van der Waals surface area contributed by atoms with E-state index in [1.54, 1.807) is 4.52 Å². The second kappa shape index (κ2) is 6.37. The van der Waals surface area contributed by atoms with Crippen molar-refractivity contribution >= 4 is 22.8 Å². The maximum absolute atomic E-state index is 6.03. The number of anilines is 3. The number of rotatable bonds is 3. The summed E-state index contributed by atoms with van der Waals surface area (Å²) in [6.45, 7) is 2.07. The van der Waals surface area contributed by atoms with Gasteiger partial charge < -0.3 is 16.8 Å². The predicted molar refractivity (Wildman–Crippen MR) is 101 cm³/mol. The molecule has 6 heteroatoms. The van der Waals surface area contributed by atoms with E-state index in [1.165, 1.54) is 5.56 Å². The molecule has 0 bridgehead atoms. The number of fused-ring (bicyclic) bond motifs is 1. The molecule has 0 spiro atoms. The van der Waals surface area contributed by atoms with E-state index in [-0.39, 0.29) is 0 Å². The summed E-state index contributed by atoms with van der Waals surface area (Å²) in [6.07, 6.45) is 6.29. The Balaban J connectivity index is 1.69. The normalized spacial score (nSPS) is 20.7. The standard InChI is InChI=1S/C19H24N6/c1-12-3-2-4-15(9-12)22-16-10-18(21)24-25-11-17(23-19(16)25)13-5-7-14(20)8-6-13/h2-4,9-11,13-14,22H,5-8,20H2,1H3,(H2,21,24)/t13-,14-. The second-order valence-electron chi connectivity index (χ2n) is 7.02. The Bertz CT molecular complexity index is 892. The Labute approximate surface area is 147 Å². The molecule has 3 aromatic rings. The van der Waals surface area contributed by atoms with Crippen molar-refractivity contribution in [3.63, 3.8) is 0 Å². The first-order valence-electron chi connectivity index (χ1n) is 8.83. The number of nitrogens with zero attached hydrogens (tertiary/aromatic N) is 3. The highest BCUT2D eigenvalue weighted by Crippen LogP contribution is 2.33. The van der Waals surface area contributed by atoms with E-state index in [2.05, 4.69) is 29.5 Å². The van der Waals surface area contributed by atoms with Crippen LogP contribution in [0.15, 0.2) is 36.5 Å². The molecule has 1 aliphatic rings. The molecule has 1 aliphatic carbocycles. The van der Waals surface area contributed by atoms with E-state index in [0.29, 0.717) is 17.8 Å². The van der Waals surface area contributed by atoms with Crippen molar-refractivity contribution in [3.8, 4) is 0 Å². The maximum Gasteiger partial charge on any atom is 0.177 e. The molecular weight excluding hydrogens is 312 g/mol. The highest BCUT2D eigenvalue weighted by atomic mass is 15.3. The number of hydrogen-bond acceptors (Lipinski definition) is 5. The number of aromatic nitrogens is 3. The third-order valence-corrected chi connectivity index (χ3v) is 4.95. The number of nitrogens with one attached hydrogen (secondary N) is 1. The van der Waals surface area contributed by atoms with E-state index >= 15 is 0 Å². The lowest BCUT2D eigenvalue weighted by atomic mass is 9.85. The largest absolute Gasteiger partial charge is 0.382 e. The molecule has 0 aliphatic heterocycles. The number of nitrogen functional groups attached to an aromatic ring is 1. The van der Waals surface area contributed by atoms with E-state index in [4.69, 9.17) is 16.5 Å². The van der Waals surface area contributed by atoms with Crippen molar-refractivity contribution in [2.75, 3.05) is 11.1 Å². The minimum atomic E-state index is 0.334. The van der Waals surface area contributed by atoms with Crippen LogP contribution in [-0.4, -0.2) is 20.6 Å². The molecule has 0 atom stereocenters. The van der Waals surface area contributed by atoms with Gasteiger partial charge in [-0.2, -0.15) is 0 Å². The van der Waals surface area contributed by atoms with Gasteiger partial charge in [0.25, 0.3) is 0 Å². The van der Waals surface area contributed by atoms with Crippen LogP contribution in [0.1, 0.15) is 42.9 Å². The molecule has 1 fully saturated rings. The molecule has 2 aromatic heterocycles. The summed E-state index contributed by atoms with van der Waals surface area (Å²) in [5, 5.41) is 7.82. The average Bonchev–Trinajstić information content (AvgIpc) is 2.99. The first-order chi connectivity index (χ1) is 12.1. The Kier molecular flexibility index (Phi) is 4.05. The molecule has 1 saturated carbocycles. The Hall–Kier alpha value is -2.60. The molecular formula is C19H24N6. The molecule has 0 radical (unpaired) electrons. The molecule has 25 heavy (non-hydrogen) atoms. The first kappa shape index (κ1) is 15.9. The average molecular weight is 336 g/mol. The second-order valence-corrected chi connectivity index (χ2v) is 7.02. The summed E-state index contributed by atoms with van der Waals surface area (Å²) in [4.78, 5) is 4.86. The third kappa shape index (κ3) is 3.30. The Morgan fingerprint density at radius 2 is 1.96 bits per heavy atom. The van der Waals surface area contributed by atoms with Gasteiger partial charge in [-0.05, 0) is 50.3 Å². The van der Waals surface area contributed by atoms with Gasteiger partial charge in [-0.15, -0.1) is 5.10 Å². The summed E-state index contributed by atoms with van der Waals surface area (Å²) in [7, 11) is 0. The number of nitrogens with two attached hydrogens (primary N) is 2. The zero-order chi connectivity index (χ0) is 17.4. The molecule has 5 N–H and O–H groups in total. The zero-order valence-corrected chi connectivity index (χ0v) is 14.4. The fourth-order valence-electron chi connectivity index (χ4n) is 3.60. The minimum Gasteiger partial charge on any atom is -0.382 e. The molecule has 4 rings (SSSR count). The fourth-order valence-corrected chi connectivity index (χ4v) is 3.60. The van der Waals surface area contributed by atoms with Crippen molar-refractivity contribution in [1.82, 2.24) is 14.6 Å². The van der Waals surface area contributed by atoms with Crippen molar-refractivity contribution in [3.05, 3.63) is 47.8 Å². The van der Waals surface area contributed by atoms with Crippen LogP contribution >= 0.6 is 0 Å². The van der Waals surface area contributed by atoms with Crippen molar-refractivity contribution in [2.24, 2.45) is 5.73 Å². The smallest absolute Gasteiger partial charge is 0.177 e. The molecule has 130 valence electrons.